The van der Waals surface area contributed by atoms with E-state index in [9.17, 15) is 22.4 Å². The minimum Gasteiger partial charge on any atom is -0.438 e. The molecule has 7 heteroatoms. The van der Waals surface area contributed by atoms with E-state index in [4.69, 9.17) is 4.74 Å². The lowest BCUT2D eigenvalue weighted by Crippen LogP contribution is -2.04. The number of carbonyl (C=O) groups excluding carboxylic acids is 1. The Kier molecular flexibility index (Phi) is 4.71. The van der Waals surface area contributed by atoms with Crippen LogP contribution in [0.5, 0.6) is 11.6 Å². The smallest absolute Gasteiger partial charge is 0.416 e. The number of rotatable bonds is 4. The minimum atomic E-state index is -4.45. The molecule has 0 amide bonds. The summed E-state index contributed by atoms with van der Waals surface area (Å²) >= 11 is 0. The molecule has 0 bridgehead atoms. The van der Waals surface area contributed by atoms with Gasteiger partial charge < -0.3 is 4.74 Å². The van der Waals surface area contributed by atoms with Gasteiger partial charge in [-0.25, -0.2) is 9.37 Å². The van der Waals surface area contributed by atoms with Gasteiger partial charge in [0, 0.05) is 17.3 Å². The molecule has 0 saturated carbocycles. The number of aromatic nitrogens is 1. The molecule has 132 valence electrons. The molecule has 0 saturated heterocycles. The maximum Gasteiger partial charge on any atom is 0.416 e. The molecule has 3 rings (SSSR count). The number of aldehydes is 1. The van der Waals surface area contributed by atoms with E-state index in [1.807, 2.05) is 0 Å². The Morgan fingerprint density at radius 1 is 1.00 bits per heavy atom. The minimum absolute atomic E-state index is 0.0426. The summed E-state index contributed by atoms with van der Waals surface area (Å²) in [5, 5.41) is 0. The van der Waals surface area contributed by atoms with Crippen LogP contribution >= 0.6 is 0 Å². The normalized spacial score (nSPS) is 11.2. The van der Waals surface area contributed by atoms with Gasteiger partial charge in [-0.05, 0) is 48.0 Å². The molecular formula is C19H11F4NO2. The van der Waals surface area contributed by atoms with Gasteiger partial charge in [-0.2, -0.15) is 13.2 Å². The number of pyridine rings is 1. The number of alkyl halides is 3. The van der Waals surface area contributed by atoms with E-state index in [0.717, 1.165) is 24.3 Å². The molecule has 3 aromatic rings. The molecule has 2 aromatic carbocycles. The molecule has 0 aliphatic heterocycles. The highest BCUT2D eigenvalue weighted by Gasteiger charge is 2.30. The van der Waals surface area contributed by atoms with Gasteiger partial charge in [-0.15, -0.1) is 0 Å². The van der Waals surface area contributed by atoms with Gasteiger partial charge in [0.1, 0.15) is 11.6 Å². The van der Waals surface area contributed by atoms with Crippen molar-refractivity contribution in [2.45, 2.75) is 6.18 Å². The number of nitrogens with zero attached hydrogens (tertiary/aromatic N) is 1. The third-order valence-corrected chi connectivity index (χ3v) is 3.54. The summed E-state index contributed by atoms with van der Waals surface area (Å²) in [5.41, 5.74) is 0.209. The molecule has 0 aliphatic rings. The summed E-state index contributed by atoms with van der Waals surface area (Å²) in [4.78, 5) is 15.0. The van der Waals surface area contributed by atoms with Gasteiger partial charge in [0.05, 0.1) is 5.56 Å². The maximum atomic E-state index is 13.5. The van der Waals surface area contributed by atoms with Crippen LogP contribution in [0, 0.1) is 5.82 Å². The van der Waals surface area contributed by atoms with Crippen LogP contribution in [0.3, 0.4) is 0 Å². The monoisotopic (exact) mass is 361 g/mol. The van der Waals surface area contributed by atoms with Crippen LogP contribution in [-0.2, 0) is 6.18 Å². The first kappa shape index (κ1) is 17.6. The van der Waals surface area contributed by atoms with Crippen LogP contribution in [-0.4, -0.2) is 11.3 Å². The third-order valence-electron chi connectivity index (χ3n) is 3.54. The molecular weight excluding hydrogens is 350 g/mol. The van der Waals surface area contributed by atoms with Crippen LogP contribution in [0.4, 0.5) is 17.6 Å². The van der Waals surface area contributed by atoms with Gasteiger partial charge in [-0.3, -0.25) is 4.79 Å². The number of hydrogen-bond donors (Lipinski definition) is 0. The number of halogens is 4. The first-order valence-corrected chi connectivity index (χ1v) is 7.43. The second-order valence-electron chi connectivity index (χ2n) is 5.37. The van der Waals surface area contributed by atoms with E-state index in [1.165, 1.54) is 30.5 Å². The number of hydrogen-bond acceptors (Lipinski definition) is 3. The highest BCUT2D eigenvalue weighted by Crippen LogP contribution is 2.34. The van der Waals surface area contributed by atoms with Crippen molar-refractivity contribution >= 4 is 6.29 Å². The Balaban J connectivity index is 1.98. The van der Waals surface area contributed by atoms with Crippen LogP contribution in [0.15, 0.2) is 60.8 Å². The van der Waals surface area contributed by atoms with E-state index < -0.39 is 17.6 Å². The molecule has 26 heavy (non-hydrogen) atoms. The Morgan fingerprint density at radius 3 is 2.35 bits per heavy atom. The Bertz CT molecular complexity index is 937. The number of benzene rings is 2. The molecule has 0 radical (unpaired) electrons. The third kappa shape index (κ3) is 3.88. The van der Waals surface area contributed by atoms with Crippen LogP contribution in [0.2, 0.25) is 0 Å². The van der Waals surface area contributed by atoms with Crippen LogP contribution in [0.25, 0.3) is 11.1 Å². The number of carbonyl (C=O) groups is 1. The summed E-state index contributed by atoms with van der Waals surface area (Å²) in [7, 11) is 0. The zero-order valence-corrected chi connectivity index (χ0v) is 13.1. The van der Waals surface area contributed by atoms with E-state index in [1.54, 1.807) is 6.07 Å². The summed E-state index contributed by atoms with van der Waals surface area (Å²) in [5.74, 6) is -0.317. The summed E-state index contributed by atoms with van der Waals surface area (Å²) < 4.78 is 57.0. The molecule has 0 fully saturated rings. The van der Waals surface area contributed by atoms with Gasteiger partial charge in [0.25, 0.3) is 0 Å². The lowest BCUT2D eigenvalue weighted by atomic mass is 10.1. The average Bonchev–Trinajstić information content (AvgIpc) is 2.62. The average molecular weight is 361 g/mol. The fourth-order valence-corrected chi connectivity index (χ4v) is 2.30. The SMILES string of the molecule is O=Cc1cnc(Oc2ccc(C(F)(F)F)cc2)c(-c2cccc(F)c2)c1. The van der Waals surface area contributed by atoms with Crippen LogP contribution < -0.4 is 4.74 Å². The summed E-state index contributed by atoms with van der Waals surface area (Å²) in [6.07, 6.45) is -2.61. The molecule has 3 nitrogen and oxygen atoms in total. The van der Waals surface area contributed by atoms with Crippen molar-refractivity contribution in [2.24, 2.45) is 0 Å². The van der Waals surface area contributed by atoms with Crippen molar-refractivity contribution in [1.29, 1.82) is 0 Å². The molecule has 0 aliphatic carbocycles. The Hall–Kier alpha value is -3.22. The molecule has 1 aromatic heterocycles. The van der Waals surface area contributed by atoms with Crippen LogP contribution in [0.1, 0.15) is 15.9 Å². The van der Waals surface area contributed by atoms with Gasteiger partial charge in [0.2, 0.25) is 5.88 Å². The standard InChI is InChI=1S/C19H11F4NO2/c20-15-3-1-2-13(9-15)17-8-12(11-25)10-24-18(17)26-16-6-4-14(5-7-16)19(21,22)23/h1-11H. The highest BCUT2D eigenvalue weighted by atomic mass is 19.4. The molecule has 0 atom stereocenters. The van der Waals surface area contributed by atoms with E-state index >= 15 is 0 Å². The predicted molar refractivity (Wildman–Crippen MR) is 86.5 cm³/mol. The maximum absolute atomic E-state index is 13.5. The fourth-order valence-electron chi connectivity index (χ4n) is 2.30. The zero-order chi connectivity index (χ0) is 18.7. The lowest BCUT2D eigenvalue weighted by Gasteiger charge is -2.12. The first-order chi connectivity index (χ1) is 12.4. The largest absolute Gasteiger partial charge is 0.438 e. The highest BCUT2D eigenvalue weighted by molar-refractivity contribution is 5.80. The van der Waals surface area contributed by atoms with E-state index in [2.05, 4.69) is 4.98 Å². The van der Waals surface area contributed by atoms with Crippen molar-refractivity contribution in [3.8, 4) is 22.8 Å². The topological polar surface area (TPSA) is 39.2 Å². The fraction of sp³-hybridized carbons (Fsp3) is 0.0526. The van der Waals surface area contributed by atoms with Gasteiger partial charge >= 0.3 is 6.18 Å². The molecule has 1 heterocycles. The van der Waals surface area contributed by atoms with E-state index in [-0.39, 0.29) is 17.2 Å². The molecule has 0 spiro atoms. The first-order valence-electron chi connectivity index (χ1n) is 7.43. The molecule has 0 unspecified atom stereocenters. The lowest BCUT2D eigenvalue weighted by molar-refractivity contribution is -0.137. The Labute approximate surface area is 145 Å². The van der Waals surface area contributed by atoms with Crippen molar-refractivity contribution in [1.82, 2.24) is 4.98 Å². The second-order valence-corrected chi connectivity index (χ2v) is 5.37. The molecule has 0 N–H and O–H groups in total. The predicted octanol–water partition coefficient (Wildman–Crippen LogP) is 5.51. The van der Waals surface area contributed by atoms with Gasteiger partial charge in [-0.1, -0.05) is 12.1 Å². The van der Waals surface area contributed by atoms with Crippen molar-refractivity contribution in [3.05, 3.63) is 77.7 Å². The summed E-state index contributed by atoms with van der Waals surface area (Å²) in [6.45, 7) is 0. The van der Waals surface area contributed by atoms with Crippen molar-refractivity contribution in [3.63, 3.8) is 0 Å². The van der Waals surface area contributed by atoms with Gasteiger partial charge in [0.15, 0.2) is 6.29 Å². The quantitative estimate of drug-likeness (QED) is 0.454. The number of ether oxygens (including phenoxy) is 1. The second kappa shape index (κ2) is 6.95. The summed E-state index contributed by atoms with van der Waals surface area (Å²) in [6, 6.07) is 11.2. The van der Waals surface area contributed by atoms with Crippen molar-refractivity contribution in [2.75, 3.05) is 0 Å². The zero-order valence-electron chi connectivity index (χ0n) is 13.1. The van der Waals surface area contributed by atoms with Crippen molar-refractivity contribution < 1.29 is 27.1 Å². The van der Waals surface area contributed by atoms with E-state index in [0.29, 0.717) is 17.4 Å². The Morgan fingerprint density at radius 2 is 1.73 bits per heavy atom.